The molecule has 0 saturated carbocycles. The van der Waals surface area contributed by atoms with Crippen molar-refractivity contribution in [2.75, 3.05) is 0 Å². The lowest BCUT2D eigenvalue weighted by Crippen LogP contribution is -2.22. The summed E-state index contributed by atoms with van der Waals surface area (Å²) < 4.78 is 17.6. The molecule has 1 heterocycles. The van der Waals surface area contributed by atoms with Gasteiger partial charge in [-0.15, -0.1) is 0 Å². The molecule has 1 amide bonds. The first-order valence-electron chi connectivity index (χ1n) is 5.33. The minimum absolute atomic E-state index is 0.102. The maximum atomic E-state index is 12.9. The van der Waals surface area contributed by atoms with Crippen molar-refractivity contribution in [1.82, 2.24) is 5.32 Å². The van der Waals surface area contributed by atoms with Gasteiger partial charge in [0.2, 0.25) is 0 Å². The van der Waals surface area contributed by atoms with Crippen LogP contribution in [0.25, 0.3) is 0 Å². The highest BCUT2D eigenvalue weighted by atomic mass is 19.1. The summed E-state index contributed by atoms with van der Waals surface area (Å²) in [4.78, 5) is 21.3. The lowest BCUT2D eigenvalue weighted by atomic mass is 10.2. The number of nitrogens with one attached hydrogen (secondary N) is 1. The quantitative estimate of drug-likeness (QED) is 0.678. The number of rotatable bonds is 4. The Morgan fingerprint density at radius 1 is 1.37 bits per heavy atom. The Hall–Kier alpha value is -2.70. The first kappa shape index (κ1) is 12.7. The summed E-state index contributed by atoms with van der Waals surface area (Å²) in [5.74, 6) is -1.67. The van der Waals surface area contributed by atoms with Gasteiger partial charge < -0.3 is 9.73 Å². The van der Waals surface area contributed by atoms with Crippen LogP contribution in [0.2, 0.25) is 0 Å². The Kier molecular flexibility index (Phi) is 3.56. The second-order valence-corrected chi connectivity index (χ2v) is 3.71. The first-order chi connectivity index (χ1) is 9.06. The molecule has 7 heteroatoms. The van der Waals surface area contributed by atoms with Gasteiger partial charge in [-0.2, -0.15) is 0 Å². The maximum Gasteiger partial charge on any atom is 0.433 e. The number of carbonyl (C=O) groups excluding carboxylic acids is 1. The molecule has 2 aromatic rings. The summed E-state index contributed by atoms with van der Waals surface area (Å²) in [6, 6.07) is 8.05. The third kappa shape index (κ3) is 3.15. The molecule has 1 aromatic carbocycles. The Morgan fingerprint density at radius 2 is 2.16 bits per heavy atom. The van der Waals surface area contributed by atoms with Crippen LogP contribution in [0.5, 0.6) is 0 Å². The average Bonchev–Trinajstić information content (AvgIpc) is 2.86. The van der Waals surface area contributed by atoms with E-state index < -0.39 is 22.5 Å². The fourth-order valence-electron chi connectivity index (χ4n) is 1.46. The van der Waals surface area contributed by atoms with E-state index in [0.29, 0.717) is 5.56 Å². The van der Waals surface area contributed by atoms with Crippen LogP contribution in [0.4, 0.5) is 10.3 Å². The molecule has 0 radical (unpaired) electrons. The summed E-state index contributed by atoms with van der Waals surface area (Å²) in [6.07, 6.45) is 0. The molecule has 0 bridgehead atoms. The van der Waals surface area contributed by atoms with Crippen molar-refractivity contribution in [2.45, 2.75) is 6.54 Å². The van der Waals surface area contributed by atoms with Crippen LogP contribution in [-0.4, -0.2) is 10.8 Å². The minimum atomic E-state index is -0.733. The van der Waals surface area contributed by atoms with E-state index in [1.165, 1.54) is 24.3 Å². The molecule has 0 spiro atoms. The summed E-state index contributed by atoms with van der Waals surface area (Å²) in [5.41, 5.74) is 0.578. The molecular formula is C12H9FN2O4. The topological polar surface area (TPSA) is 85.4 Å². The number of hydrogen-bond donors (Lipinski definition) is 1. The molecule has 1 N–H and O–H groups in total. The van der Waals surface area contributed by atoms with Gasteiger partial charge in [0.15, 0.2) is 5.76 Å². The second-order valence-electron chi connectivity index (χ2n) is 3.71. The van der Waals surface area contributed by atoms with Crippen molar-refractivity contribution >= 4 is 11.8 Å². The summed E-state index contributed by atoms with van der Waals surface area (Å²) >= 11 is 0. The molecule has 98 valence electrons. The zero-order valence-electron chi connectivity index (χ0n) is 9.63. The predicted octanol–water partition coefficient (Wildman–Crippen LogP) is 2.26. The number of furan rings is 1. The number of nitro groups is 1. The average molecular weight is 264 g/mol. The third-order valence-corrected chi connectivity index (χ3v) is 2.34. The lowest BCUT2D eigenvalue weighted by molar-refractivity contribution is -0.402. The van der Waals surface area contributed by atoms with Crippen LogP contribution in [0, 0.1) is 15.9 Å². The fraction of sp³-hybridized carbons (Fsp3) is 0.0833. The first-order valence-corrected chi connectivity index (χ1v) is 5.33. The number of hydrogen-bond acceptors (Lipinski definition) is 4. The van der Waals surface area contributed by atoms with E-state index >= 15 is 0 Å². The van der Waals surface area contributed by atoms with Gasteiger partial charge in [-0.25, -0.2) is 4.39 Å². The predicted molar refractivity (Wildman–Crippen MR) is 62.9 cm³/mol. The van der Waals surface area contributed by atoms with E-state index in [2.05, 4.69) is 5.32 Å². The standard InChI is InChI=1S/C12H9FN2O4/c13-9-3-1-2-8(6-9)7-14-12(16)10-4-5-11(19-10)15(17)18/h1-6H,7H2,(H,14,16). The van der Waals surface area contributed by atoms with Gasteiger partial charge in [-0.3, -0.25) is 14.9 Å². The molecule has 1 aromatic heterocycles. The molecule has 0 fully saturated rings. The SMILES string of the molecule is O=C(NCc1cccc(F)c1)c1ccc([N+](=O)[O-])o1. The lowest BCUT2D eigenvalue weighted by Gasteiger charge is -2.03. The van der Waals surface area contributed by atoms with Gasteiger partial charge in [0, 0.05) is 6.54 Å². The highest BCUT2D eigenvalue weighted by Crippen LogP contribution is 2.15. The van der Waals surface area contributed by atoms with E-state index in [1.807, 2.05) is 0 Å². The van der Waals surface area contributed by atoms with Crippen molar-refractivity contribution in [1.29, 1.82) is 0 Å². The number of nitrogens with zero attached hydrogens (tertiary/aromatic N) is 1. The van der Waals surface area contributed by atoms with E-state index in [4.69, 9.17) is 4.42 Å². The van der Waals surface area contributed by atoms with Crippen molar-refractivity contribution < 1.29 is 18.5 Å². The molecule has 0 saturated heterocycles. The molecule has 6 nitrogen and oxygen atoms in total. The molecule has 0 aliphatic carbocycles. The van der Waals surface area contributed by atoms with Gasteiger partial charge in [-0.1, -0.05) is 12.1 Å². The highest BCUT2D eigenvalue weighted by Gasteiger charge is 2.16. The fourth-order valence-corrected chi connectivity index (χ4v) is 1.46. The number of benzene rings is 1. The van der Waals surface area contributed by atoms with Crippen LogP contribution in [-0.2, 0) is 6.54 Å². The van der Waals surface area contributed by atoms with Crippen LogP contribution >= 0.6 is 0 Å². The molecule has 19 heavy (non-hydrogen) atoms. The summed E-state index contributed by atoms with van der Waals surface area (Å²) in [7, 11) is 0. The number of halogens is 1. The van der Waals surface area contributed by atoms with Crippen LogP contribution in [0.1, 0.15) is 16.1 Å². The molecule has 2 rings (SSSR count). The van der Waals surface area contributed by atoms with E-state index in [1.54, 1.807) is 6.07 Å². The summed E-state index contributed by atoms with van der Waals surface area (Å²) in [5, 5.41) is 12.9. The van der Waals surface area contributed by atoms with Gasteiger partial charge in [-0.05, 0) is 23.8 Å². The van der Waals surface area contributed by atoms with Gasteiger partial charge in [0.25, 0.3) is 5.91 Å². The van der Waals surface area contributed by atoms with E-state index in [9.17, 15) is 19.3 Å². The molecule has 0 atom stereocenters. The van der Waals surface area contributed by atoms with Crippen molar-refractivity contribution in [3.8, 4) is 0 Å². The highest BCUT2D eigenvalue weighted by molar-refractivity contribution is 5.91. The molecule has 0 aliphatic rings. The van der Waals surface area contributed by atoms with Gasteiger partial charge >= 0.3 is 5.88 Å². The normalized spacial score (nSPS) is 10.2. The second kappa shape index (κ2) is 5.30. The van der Waals surface area contributed by atoms with Crippen molar-refractivity contribution in [2.24, 2.45) is 0 Å². The van der Waals surface area contributed by atoms with E-state index in [-0.39, 0.29) is 12.3 Å². The smallest absolute Gasteiger partial charge is 0.395 e. The number of carbonyl (C=O) groups is 1. The van der Waals surface area contributed by atoms with Crippen LogP contribution in [0.3, 0.4) is 0 Å². The van der Waals surface area contributed by atoms with E-state index in [0.717, 1.165) is 6.07 Å². The monoisotopic (exact) mass is 264 g/mol. The summed E-state index contributed by atoms with van der Waals surface area (Å²) in [6.45, 7) is 0.102. The van der Waals surface area contributed by atoms with Crippen molar-refractivity contribution in [3.63, 3.8) is 0 Å². The zero-order chi connectivity index (χ0) is 13.8. The Morgan fingerprint density at radius 3 is 2.79 bits per heavy atom. The van der Waals surface area contributed by atoms with Gasteiger partial charge in [0.05, 0.1) is 6.07 Å². The molecule has 0 aliphatic heterocycles. The Labute approximate surface area is 107 Å². The largest absolute Gasteiger partial charge is 0.433 e. The number of amides is 1. The molecular weight excluding hydrogens is 255 g/mol. The van der Waals surface area contributed by atoms with Crippen LogP contribution < -0.4 is 5.32 Å². The maximum absolute atomic E-state index is 12.9. The van der Waals surface area contributed by atoms with Crippen molar-refractivity contribution in [3.05, 3.63) is 63.7 Å². The molecule has 0 unspecified atom stereocenters. The third-order valence-electron chi connectivity index (χ3n) is 2.34. The van der Waals surface area contributed by atoms with Gasteiger partial charge in [0.1, 0.15) is 10.7 Å². The Bertz CT molecular complexity index is 624. The minimum Gasteiger partial charge on any atom is -0.395 e. The zero-order valence-corrected chi connectivity index (χ0v) is 9.63. The Balaban J connectivity index is 1.99. The van der Waals surface area contributed by atoms with Crippen LogP contribution in [0.15, 0.2) is 40.8 Å².